The van der Waals surface area contributed by atoms with E-state index in [9.17, 15) is 18.0 Å². The molecule has 1 aromatic heterocycles. The molecular weight excluding hydrogens is 521 g/mol. The van der Waals surface area contributed by atoms with Gasteiger partial charge in [-0.05, 0) is 30.3 Å². The summed E-state index contributed by atoms with van der Waals surface area (Å²) in [7, 11) is 4.48. The number of carbonyl (C=O) groups is 1. The Morgan fingerprint density at radius 3 is 2.36 bits per heavy atom. The van der Waals surface area contributed by atoms with E-state index in [-0.39, 0.29) is 16.5 Å². The van der Waals surface area contributed by atoms with E-state index >= 15 is 0 Å². The average molecular weight is 543 g/mol. The van der Waals surface area contributed by atoms with Crippen LogP contribution in [-0.4, -0.2) is 47.8 Å². The van der Waals surface area contributed by atoms with Crippen LogP contribution in [-0.2, 0) is 17.5 Å². The summed E-state index contributed by atoms with van der Waals surface area (Å²) < 4.78 is 56.9. The van der Waals surface area contributed by atoms with Gasteiger partial charge in [0.1, 0.15) is 0 Å². The fourth-order valence-electron chi connectivity index (χ4n) is 3.23. The first kappa shape index (κ1) is 27.2. The second-order valence-electron chi connectivity index (χ2n) is 7.15. The zero-order valence-electron chi connectivity index (χ0n) is 19.5. The molecule has 0 aliphatic heterocycles. The summed E-state index contributed by atoms with van der Waals surface area (Å²) in [6.07, 6.45) is -2.93. The van der Waals surface area contributed by atoms with Crippen molar-refractivity contribution >= 4 is 35.0 Å². The van der Waals surface area contributed by atoms with Crippen molar-refractivity contribution in [1.29, 1.82) is 0 Å². The lowest BCUT2D eigenvalue weighted by atomic mass is 10.1. The maximum atomic E-state index is 13.0. The van der Waals surface area contributed by atoms with Crippen LogP contribution in [0, 0.1) is 0 Å². The van der Waals surface area contributed by atoms with E-state index in [0.717, 1.165) is 30.0 Å². The molecule has 0 spiro atoms. The summed E-state index contributed by atoms with van der Waals surface area (Å²) in [4.78, 5) is 12.5. The molecule has 1 N–H and O–H groups in total. The number of aromatic nitrogens is 3. The molecule has 0 fully saturated rings. The van der Waals surface area contributed by atoms with E-state index in [0.29, 0.717) is 40.3 Å². The highest BCUT2D eigenvalue weighted by Crippen LogP contribution is 2.41. The maximum absolute atomic E-state index is 13.0. The van der Waals surface area contributed by atoms with Gasteiger partial charge in [-0.2, -0.15) is 13.2 Å². The SMILES string of the molecule is C=CCn1c(SCC(=O)Nc2cc(C(F)(F)F)ccc2Cl)nnc1-c1cc(OC)c(OC)c(OC)c1. The Bertz CT molecular complexity index is 1240. The van der Waals surface area contributed by atoms with E-state index in [4.69, 9.17) is 25.8 Å². The van der Waals surface area contributed by atoms with Gasteiger partial charge in [0, 0.05) is 12.1 Å². The van der Waals surface area contributed by atoms with E-state index in [1.165, 1.54) is 21.3 Å². The minimum Gasteiger partial charge on any atom is -0.493 e. The standard InChI is InChI=1S/C23H22ClF3N4O4S/c1-5-8-31-21(13-9-17(33-2)20(35-4)18(10-13)34-3)29-30-22(31)36-12-19(32)28-16-11-14(23(25,26)27)6-7-15(16)24/h5-7,9-11H,1,8,12H2,2-4H3,(H,28,32). The minimum absolute atomic E-state index is 0.0131. The van der Waals surface area contributed by atoms with Crippen LogP contribution < -0.4 is 19.5 Å². The monoisotopic (exact) mass is 542 g/mol. The fraction of sp³-hybridized carbons (Fsp3) is 0.261. The van der Waals surface area contributed by atoms with Gasteiger partial charge in [0.15, 0.2) is 22.5 Å². The lowest BCUT2D eigenvalue weighted by Crippen LogP contribution is -2.16. The first-order valence-corrected chi connectivity index (χ1v) is 11.6. The predicted octanol–water partition coefficient (Wildman–Crippen LogP) is 5.56. The molecule has 3 aromatic rings. The topological polar surface area (TPSA) is 87.5 Å². The average Bonchev–Trinajstić information content (AvgIpc) is 3.25. The molecule has 1 amide bonds. The molecule has 13 heteroatoms. The van der Waals surface area contributed by atoms with Crippen LogP contribution in [0.4, 0.5) is 18.9 Å². The van der Waals surface area contributed by atoms with Crippen LogP contribution in [0.3, 0.4) is 0 Å². The number of benzene rings is 2. The van der Waals surface area contributed by atoms with E-state index < -0.39 is 17.6 Å². The van der Waals surface area contributed by atoms with Crippen molar-refractivity contribution in [3.8, 4) is 28.6 Å². The Kier molecular flexibility index (Phi) is 8.75. The van der Waals surface area contributed by atoms with Crippen LogP contribution >= 0.6 is 23.4 Å². The predicted molar refractivity (Wildman–Crippen MR) is 131 cm³/mol. The zero-order valence-corrected chi connectivity index (χ0v) is 21.1. The fourth-order valence-corrected chi connectivity index (χ4v) is 4.14. The van der Waals surface area contributed by atoms with Gasteiger partial charge in [-0.15, -0.1) is 16.8 Å². The number of anilines is 1. The van der Waals surface area contributed by atoms with Crippen molar-refractivity contribution in [2.24, 2.45) is 0 Å². The van der Waals surface area contributed by atoms with Gasteiger partial charge in [-0.3, -0.25) is 9.36 Å². The number of carbonyl (C=O) groups excluding carboxylic acids is 1. The number of hydrogen-bond acceptors (Lipinski definition) is 7. The third-order valence-corrected chi connectivity index (χ3v) is 6.15. The number of hydrogen-bond donors (Lipinski definition) is 1. The van der Waals surface area contributed by atoms with E-state index in [1.807, 2.05) is 0 Å². The molecule has 36 heavy (non-hydrogen) atoms. The highest BCUT2D eigenvalue weighted by atomic mass is 35.5. The Labute approximate surface area is 214 Å². The molecule has 0 aliphatic carbocycles. The van der Waals surface area contributed by atoms with Crippen LogP contribution in [0.15, 0.2) is 48.1 Å². The largest absolute Gasteiger partial charge is 0.493 e. The summed E-state index contributed by atoms with van der Waals surface area (Å²) in [5.41, 5.74) is -0.441. The molecule has 0 bridgehead atoms. The van der Waals surface area contributed by atoms with Crippen LogP contribution in [0.1, 0.15) is 5.56 Å². The molecule has 0 saturated heterocycles. The molecule has 1 heterocycles. The number of alkyl halides is 3. The summed E-state index contributed by atoms with van der Waals surface area (Å²) >= 11 is 7.01. The number of thioether (sulfide) groups is 1. The van der Waals surface area contributed by atoms with Gasteiger partial charge in [0.25, 0.3) is 0 Å². The molecular formula is C23H22ClF3N4O4S. The van der Waals surface area contributed by atoms with E-state index in [2.05, 4.69) is 22.1 Å². The summed E-state index contributed by atoms with van der Waals surface area (Å²) in [6, 6.07) is 6.13. The number of nitrogens with one attached hydrogen (secondary N) is 1. The molecule has 0 unspecified atom stereocenters. The van der Waals surface area contributed by atoms with Gasteiger partial charge in [0.05, 0.1) is 43.4 Å². The number of allylic oxidation sites excluding steroid dienone is 1. The lowest BCUT2D eigenvalue weighted by Gasteiger charge is -2.14. The molecule has 3 rings (SSSR count). The Morgan fingerprint density at radius 1 is 1.14 bits per heavy atom. The van der Waals surface area contributed by atoms with Crippen LogP contribution in [0.2, 0.25) is 5.02 Å². The van der Waals surface area contributed by atoms with Gasteiger partial charge >= 0.3 is 6.18 Å². The molecule has 0 aliphatic rings. The zero-order chi connectivity index (χ0) is 26.5. The molecule has 0 saturated carbocycles. The van der Waals surface area contributed by atoms with Crippen molar-refractivity contribution in [1.82, 2.24) is 14.8 Å². The lowest BCUT2D eigenvalue weighted by molar-refractivity contribution is -0.137. The third kappa shape index (κ3) is 6.05. The van der Waals surface area contributed by atoms with Crippen molar-refractivity contribution in [3.05, 3.63) is 53.6 Å². The van der Waals surface area contributed by atoms with Crippen molar-refractivity contribution in [2.45, 2.75) is 17.9 Å². The number of rotatable bonds is 10. The minimum atomic E-state index is -4.57. The number of amides is 1. The van der Waals surface area contributed by atoms with Crippen LogP contribution in [0.25, 0.3) is 11.4 Å². The normalized spacial score (nSPS) is 11.2. The summed E-state index contributed by atoms with van der Waals surface area (Å²) in [5, 5.41) is 11.2. The second kappa shape index (κ2) is 11.6. The van der Waals surface area contributed by atoms with Gasteiger partial charge in [-0.25, -0.2) is 0 Å². The Balaban J connectivity index is 1.83. The van der Waals surface area contributed by atoms with Crippen molar-refractivity contribution in [3.63, 3.8) is 0 Å². The second-order valence-corrected chi connectivity index (χ2v) is 8.50. The molecule has 2 aromatic carbocycles. The Hall–Kier alpha value is -3.38. The number of halogens is 4. The van der Waals surface area contributed by atoms with Gasteiger partial charge in [-0.1, -0.05) is 29.4 Å². The molecule has 0 atom stereocenters. The number of nitrogens with zero attached hydrogens (tertiary/aromatic N) is 3. The van der Waals surface area contributed by atoms with Crippen LogP contribution in [0.5, 0.6) is 17.2 Å². The smallest absolute Gasteiger partial charge is 0.416 e. The van der Waals surface area contributed by atoms with E-state index in [1.54, 1.807) is 22.8 Å². The quantitative estimate of drug-likeness (QED) is 0.265. The highest BCUT2D eigenvalue weighted by Gasteiger charge is 2.31. The summed E-state index contributed by atoms with van der Waals surface area (Å²) in [6.45, 7) is 4.08. The van der Waals surface area contributed by atoms with Gasteiger partial charge < -0.3 is 19.5 Å². The summed E-state index contributed by atoms with van der Waals surface area (Å²) in [5.74, 6) is 0.995. The van der Waals surface area contributed by atoms with Crippen molar-refractivity contribution in [2.75, 3.05) is 32.4 Å². The Morgan fingerprint density at radius 2 is 1.81 bits per heavy atom. The molecule has 0 radical (unpaired) electrons. The van der Waals surface area contributed by atoms with Gasteiger partial charge in [0.2, 0.25) is 11.7 Å². The number of ether oxygens (including phenoxy) is 3. The molecule has 192 valence electrons. The maximum Gasteiger partial charge on any atom is 0.416 e. The first-order chi connectivity index (χ1) is 17.1. The number of methoxy groups -OCH3 is 3. The van der Waals surface area contributed by atoms with Crippen molar-refractivity contribution < 1.29 is 32.2 Å². The first-order valence-electron chi connectivity index (χ1n) is 10.3. The third-order valence-electron chi connectivity index (χ3n) is 4.85. The highest BCUT2D eigenvalue weighted by molar-refractivity contribution is 7.99. The molecule has 8 nitrogen and oxygen atoms in total.